The second kappa shape index (κ2) is 17.4. The molecular weight excluding hydrogens is 805 g/mol. The fraction of sp³-hybridized carbons (Fsp3) is 0.167. The first-order valence-corrected chi connectivity index (χ1v) is 21.2. The van der Waals surface area contributed by atoms with E-state index in [4.69, 9.17) is 19.4 Å². The van der Waals surface area contributed by atoms with Gasteiger partial charge in [-0.2, -0.15) is 19.9 Å². The zero-order chi connectivity index (χ0) is 42.7. The number of morpholine rings is 2. The summed E-state index contributed by atoms with van der Waals surface area (Å²) in [5.74, 6) is 2.70. The first kappa shape index (κ1) is 38.8. The van der Waals surface area contributed by atoms with Crippen LogP contribution >= 0.6 is 0 Å². The van der Waals surface area contributed by atoms with Crippen LogP contribution < -0.4 is 20.4 Å². The molecule has 2 aliphatic rings. The van der Waals surface area contributed by atoms with Crippen LogP contribution in [-0.2, 0) is 9.47 Å². The molecular formula is C48H42N14O2. The van der Waals surface area contributed by atoms with Crippen LogP contribution in [0.25, 0.3) is 66.4 Å². The number of nitrogens with one attached hydrogen (secondary N) is 4. The predicted molar refractivity (Wildman–Crippen MR) is 250 cm³/mol. The van der Waals surface area contributed by atoms with Gasteiger partial charge in [-0.05, 0) is 70.8 Å². The molecule has 16 heteroatoms. The van der Waals surface area contributed by atoms with Gasteiger partial charge < -0.3 is 39.9 Å². The summed E-state index contributed by atoms with van der Waals surface area (Å²) in [5, 5.41) is 8.88. The Morgan fingerprint density at radius 3 is 1.34 bits per heavy atom. The number of aromatic amines is 2. The third-order valence-corrected chi connectivity index (χ3v) is 11.3. The molecule has 16 nitrogen and oxygen atoms in total. The van der Waals surface area contributed by atoms with Gasteiger partial charge in [-0.3, -0.25) is 9.97 Å². The zero-order valence-corrected chi connectivity index (χ0v) is 34.6. The minimum absolute atomic E-state index is 0.510. The van der Waals surface area contributed by atoms with Crippen molar-refractivity contribution < 1.29 is 9.47 Å². The van der Waals surface area contributed by atoms with Gasteiger partial charge >= 0.3 is 0 Å². The molecule has 8 heterocycles. The summed E-state index contributed by atoms with van der Waals surface area (Å²) in [7, 11) is 0. The molecule has 12 rings (SSSR count). The molecule has 0 spiro atoms. The lowest BCUT2D eigenvalue weighted by molar-refractivity contribution is 0.122. The molecule has 64 heavy (non-hydrogen) atoms. The van der Waals surface area contributed by atoms with Crippen molar-refractivity contribution in [1.29, 1.82) is 0 Å². The molecule has 4 N–H and O–H groups in total. The lowest BCUT2D eigenvalue weighted by Gasteiger charge is -2.28. The quantitative estimate of drug-likeness (QED) is 0.115. The van der Waals surface area contributed by atoms with Crippen LogP contribution in [0.5, 0.6) is 0 Å². The Bertz CT molecular complexity index is 3000. The number of imidazole rings is 2. The first-order valence-electron chi connectivity index (χ1n) is 21.2. The van der Waals surface area contributed by atoms with Gasteiger partial charge in [0.05, 0.1) is 50.1 Å². The third-order valence-electron chi connectivity index (χ3n) is 11.3. The average Bonchev–Trinajstić information content (AvgIpc) is 4.05. The Balaban J connectivity index is 0.000000143. The van der Waals surface area contributed by atoms with Crippen molar-refractivity contribution in [2.24, 2.45) is 0 Å². The number of nitrogens with zero attached hydrogens (tertiary/aromatic N) is 10. The molecule has 316 valence electrons. The zero-order valence-electron chi connectivity index (χ0n) is 34.6. The largest absolute Gasteiger partial charge is 0.378 e. The first-order chi connectivity index (χ1) is 31.7. The van der Waals surface area contributed by atoms with E-state index in [9.17, 15) is 0 Å². The van der Waals surface area contributed by atoms with Gasteiger partial charge in [0.2, 0.25) is 11.9 Å². The number of benzene rings is 4. The van der Waals surface area contributed by atoms with E-state index < -0.39 is 0 Å². The van der Waals surface area contributed by atoms with E-state index >= 15 is 0 Å². The fourth-order valence-corrected chi connectivity index (χ4v) is 8.20. The molecule has 0 aliphatic carbocycles. The van der Waals surface area contributed by atoms with Crippen LogP contribution in [0.3, 0.4) is 0 Å². The van der Waals surface area contributed by atoms with Gasteiger partial charge in [-0.1, -0.05) is 60.7 Å². The van der Waals surface area contributed by atoms with Crippen LogP contribution in [0.1, 0.15) is 0 Å². The fourth-order valence-electron chi connectivity index (χ4n) is 8.20. The smallest absolute Gasteiger partial charge is 0.231 e. The van der Waals surface area contributed by atoms with Gasteiger partial charge in [-0.25, -0.2) is 9.97 Å². The Morgan fingerprint density at radius 2 is 0.906 bits per heavy atom. The van der Waals surface area contributed by atoms with E-state index in [1.165, 1.54) is 0 Å². The van der Waals surface area contributed by atoms with Gasteiger partial charge in [-0.15, -0.1) is 0 Å². The van der Waals surface area contributed by atoms with Gasteiger partial charge in [0.15, 0.2) is 22.9 Å². The Kier molecular flexibility index (Phi) is 10.5. The number of hydrogen-bond donors (Lipinski definition) is 4. The minimum Gasteiger partial charge on any atom is -0.378 e. The number of fused-ring (bicyclic) bond motifs is 4. The van der Waals surface area contributed by atoms with E-state index in [0.717, 1.165) is 104 Å². The van der Waals surface area contributed by atoms with Crippen LogP contribution in [0.2, 0.25) is 0 Å². The van der Waals surface area contributed by atoms with Crippen molar-refractivity contribution >= 4 is 79.0 Å². The number of pyridine rings is 2. The molecule has 0 radical (unpaired) electrons. The maximum atomic E-state index is 5.50. The summed E-state index contributed by atoms with van der Waals surface area (Å²) in [4.78, 5) is 47.4. The minimum atomic E-state index is 0.510. The average molecular weight is 847 g/mol. The van der Waals surface area contributed by atoms with E-state index in [1.807, 2.05) is 85.2 Å². The van der Waals surface area contributed by atoms with E-state index in [2.05, 4.69) is 96.7 Å². The van der Waals surface area contributed by atoms with Crippen LogP contribution in [0.15, 0.2) is 134 Å². The lowest BCUT2D eigenvalue weighted by Crippen LogP contribution is -2.37. The lowest BCUT2D eigenvalue weighted by atomic mass is 10.0. The molecule has 10 aromatic rings. The highest BCUT2D eigenvalue weighted by atomic mass is 16.5. The Hall–Kier alpha value is -8.08. The summed E-state index contributed by atoms with van der Waals surface area (Å²) < 4.78 is 11.0. The van der Waals surface area contributed by atoms with Crippen molar-refractivity contribution in [3.05, 3.63) is 134 Å². The predicted octanol–water partition coefficient (Wildman–Crippen LogP) is 8.30. The number of rotatable bonds is 8. The second-order valence-electron chi connectivity index (χ2n) is 15.3. The summed E-state index contributed by atoms with van der Waals surface area (Å²) in [6.07, 6.45) is 7.00. The molecule has 6 aromatic heterocycles. The number of H-pyrrole nitrogens is 2. The van der Waals surface area contributed by atoms with Crippen molar-refractivity contribution in [1.82, 2.24) is 49.8 Å². The topological polar surface area (TPSA) is 184 Å². The number of hydrogen-bond acceptors (Lipinski definition) is 14. The van der Waals surface area contributed by atoms with Gasteiger partial charge in [0.1, 0.15) is 11.0 Å². The molecule has 2 fully saturated rings. The monoisotopic (exact) mass is 846 g/mol. The molecule has 2 saturated heterocycles. The second-order valence-corrected chi connectivity index (χ2v) is 15.3. The number of ether oxygens (including phenoxy) is 2. The van der Waals surface area contributed by atoms with Crippen molar-refractivity contribution in [2.45, 2.75) is 0 Å². The van der Waals surface area contributed by atoms with Gasteiger partial charge in [0.25, 0.3) is 0 Å². The van der Waals surface area contributed by atoms with E-state index in [1.54, 1.807) is 12.7 Å². The number of aromatic nitrogens is 10. The summed E-state index contributed by atoms with van der Waals surface area (Å²) in [5.41, 5.74) is 11.2. The van der Waals surface area contributed by atoms with E-state index in [0.29, 0.717) is 49.6 Å². The van der Waals surface area contributed by atoms with Crippen molar-refractivity contribution in [2.75, 3.05) is 73.0 Å². The Labute approximate surface area is 366 Å². The molecule has 0 unspecified atom stereocenters. The number of anilines is 6. The van der Waals surface area contributed by atoms with Crippen molar-refractivity contribution in [3.8, 4) is 22.3 Å². The molecule has 0 bridgehead atoms. The van der Waals surface area contributed by atoms with Gasteiger partial charge in [0, 0.05) is 60.7 Å². The van der Waals surface area contributed by atoms with E-state index in [-0.39, 0.29) is 0 Å². The molecule has 0 amide bonds. The third kappa shape index (κ3) is 7.94. The highest BCUT2D eigenvalue weighted by Crippen LogP contribution is 2.33. The maximum Gasteiger partial charge on any atom is 0.231 e. The molecule has 2 aliphatic heterocycles. The standard InChI is InChI=1S/2C24H21N7O/c2*1-2-4-16(5-3-1)18-8-9-25-20-7-6-17(14-19(18)20)28-24-29-22-21(26-15-27-22)23(30-24)31-10-12-32-13-11-31/h2*1-9,14-15H,10-13H2,(H2,26,27,28,29,30). The van der Waals surface area contributed by atoms with Crippen LogP contribution in [-0.4, -0.2) is 102 Å². The van der Waals surface area contributed by atoms with Crippen molar-refractivity contribution in [3.63, 3.8) is 0 Å². The summed E-state index contributed by atoms with van der Waals surface area (Å²) in [6, 6.07) is 37.0. The Morgan fingerprint density at radius 1 is 0.469 bits per heavy atom. The molecule has 0 saturated carbocycles. The molecule has 4 aromatic carbocycles. The summed E-state index contributed by atoms with van der Waals surface area (Å²) >= 11 is 0. The maximum absolute atomic E-state index is 5.50. The molecule has 0 atom stereocenters. The highest BCUT2D eigenvalue weighted by Gasteiger charge is 2.21. The SMILES string of the molecule is c1ccc(-c2ccnc3ccc(Nc4nc(N5CCOCC5)c5[nH]cnc5n4)cc23)cc1.c1ccc(-c2ccnc3ccc(Nc4nc(N5CCOCC5)c5[nH]cnc5n4)cc23)cc1. The highest BCUT2D eigenvalue weighted by molar-refractivity contribution is 5.98. The normalized spacial score (nSPS) is 14.2. The summed E-state index contributed by atoms with van der Waals surface area (Å²) in [6.45, 7) is 5.87. The van der Waals surface area contributed by atoms with Crippen LogP contribution in [0, 0.1) is 0 Å². The van der Waals surface area contributed by atoms with Crippen LogP contribution in [0.4, 0.5) is 34.9 Å².